The van der Waals surface area contributed by atoms with Gasteiger partial charge in [-0.2, -0.15) is 0 Å². The van der Waals surface area contributed by atoms with Gasteiger partial charge in [0.25, 0.3) is 0 Å². The predicted molar refractivity (Wildman–Crippen MR) is 290 cm³/mol. The van der Waals surface area contributed by atoms with Gasteiger partial charge in [-0.25, -0.2) is 9.21 Å². The summed E-state index contributed by atoms with van der Waals surface area (Å²) in [5.41, 5.74) is 8.78. The van der Waals surface area contributed by atoms with Crippen LogP contribution in [0, 0.1) is 0 Å². The zero-order chi connectivity index (χ0) is 44.5. The first-order valence-electron chi connectivity index (χ1n) is 21.3. The summed E-state index contributed by atoms with van der Waals surface area (Å²) < 4.78 is 5.90. The highest BCUT2D eigenvalue weighted by molar-refractivity contribution is 8.75. The number of benzene rings is 8. The van der Waals surface area contributed by atoms with Crippen molar-refractivity contribution in [2.45, 2.75) is 24.6 Å². The Hall–Kier alpha value is -5.98. The van der Waals surface area contributed by atoms with E-state index in [9.17, 15) is 0 Å². The molecule has 0 amide bonds. The number of nitrogens with one attached hydrogen (secondary N) is 1. The minimum absolute atomic E-state index is 0.455. The van der Waals surface area contributed by atoms with Gasteiger partial charge in [0, 0.05) is 58.3 Å². The molecule has 0 atom stereocenters. The Morgan fingerprint density at radius 1 is 0.400 bits per heavy atom. The summed E-state index contributed by atoms with van der Waals surface area (Å²) in [6.45, 7) is 1.31. The lowest BCUT2D eigenvalue weighted by Gasteiger charge is -2.39. The molecule has 0 aromatic heterocycles. The second-order valence-corrected chi connectivity index (χ2v) is 19.5. The molecule has 1 N–H and O–H groups in total. The van der Waals surface area contributed by atoms with Gasteiger partial charge in [0.1, 0.15) is 5.11 Å². The molecule has 10 heteroatoms. The second kappa shape index (κ2) is 23.8. The summed E-state index contributed by atoms with van der Waals surface area (Å²) in [5.74, 6) is 1.60. The van der Waals surface area contributed by atoms with Crippen molar-refractivity contribution in [1.29, 1.82) is 0 Å². The fourth-order valence-electron chi connectivity index (χ4n) is 7.39. The predicted octanol–water partition coefficient (Wildman–Crippen LogP) is 14.8. The van der Waals surface area contributed by atoms with Crippen LogP contribution in [0.1, 0.15) is 22.3 Å². The van der Waals surface area contributed by atoms with E-state index >= 15 is 0 Å². The molecule has 5 nitrogen and oxygen atoms in total. The Kier molecular flexibility index (Phi) is 16.7. The Morgan fingerprint density at radius 3 is 1.06 bits per heavy atom. The lowest BCUT2D eigenvalue weighted by Crippen LogP contribution is -2.47. The van der Waals surface area contributed by atoms with Crippen LogP contribution in [0.3, 0.4) is 0 Å². The summed E-state index contributed by atoms with van der Waals surface area (Å²) in [7, 11) is 2.57. The summed E-state index contributed by atoms with van der Waals surface area (Å²) in [5, 5.41) is 2.28. The van der Waals surface area contributed by atoms with E-state index in [0.717, 1.165) is 39.4 Å². The van der Waals surface area contributed by atoms with E-state index in [2.05, 4.69) is 218 Å². The average molecular weight is 940 g/mol. The molecule has 0 aliphatic heterocycles. The molecular weight excluding hydrogens is 891 g/mol. The van der Waals surface area contributed by atoms with E-state index < -0.39 is 10.5 Å². The van der Waals surface area contributed by atoms with Gasteiger partial charge in [0.05, 0.1) is 11.0 Å². The zero-order valence-electron chi connectivity index (χ0n) is 35.8. The van der Waals surface area contributed by atoms with E-state index in [4.69, 9.17) is 24.4 Å². The van der Waals surface area contributed by atoms with Gasteiger partial charge >= 0.3 is 0 Å². The number of thiocarbonyl (C=S) groups is 2. The van der Waals surface area contributed by atoms with Crippen molar-refractivity contribution in [2.75, 3.05) is 9.80 Å². The molecule has 0 aliphatic carbocycles. The molecule has 0 radical (unpaired) electrons. The lowest BCUT2D eigenvalue weighted by molar-refractivity contribution is 0.394. The van der Waals surface area contributed by atoms with Crippen molar-refractivity contribution >= 4 is 95.0 Å². The number of hydrogen-bond donors (Lipinski definition) is 1. The number of anilines is 4. The molecule has 8 aromatic rings. The number of hydrogen-bond acceptors (Lipinski definition) is 4. The highest BCUT2D eigenvalue weighted by Crippen LogP contribution is 2.39. The van der Waals surface area contributed by atoms with Crippen LogP contribution in [0.2, 0.25) is 0 Å². The first kappa shape index (κ1) is 45.6. The van der Waals surface area contributed by atoms with E-state index in [0.29, 0.717) is 23.3 Å². The fraction of sp³-hybridized carbons (Fsp3) is 0.0727. The Bertz CT molecular complexity index is 2550. The van der Waals surface area contributed by atoms with Gasteiger partial charge in [-0.15, -0.1) is 10.5 Å². The highest BCUT2D eigenvalue weighted by atomic mass is 33.1. The Morgan fingerprint density at radius 2 is 0.708 bits per heavy atom. The molecule has 0 saturated carbocycles. The third kappa shape index (κ3) is 12.6. The molecule has 0 bridgehead atoms. The quantitative estimate of drug-likeness (QED) is 0.0612. The maximum Gasteiger partial charge on any atom is 0.197 e. The molecule has 0 unspecified atom stereocenters. The van der Waals surface area contributed by atoms with Crippen LogP contribution in [0.5, 0.6) is 0 Å². The molecule has 0 spiro atoms. The Labute approximate surface area is 405 Å². The minimum Gasteiger partial charge on any atom is -0.296 e. The normalized spacial score (nSPS) is 10.9. The van der Waals surface area contributed by atoms with Crippen molar-refractivity contribution < 1.29 is 0 Å². The van der Waals surface area contributed by atoms with Gasteiger partial charge < -0.3 is 0 Å². The van der Waals surface area contributed by atoms with Crippen molar-refractivity contribution in [3.8, 4) is 0 Å². The molecule has 8 aromatic carbocycles. The van der Waals surface area contributed by atoms with Gasteiger partial charge in [-0.05, 0) is 95.2 Å². The number of para-hydroxylation sites is 4. The van der Waals surface area contributed by atoms with Crippen LogP contribution in [0.4, 0.5) is 22.7 Å². The van der Waals surface area contributed by atoms with Crippen molar-refractivity contribution in [3.05, 3.63) is 265 Å². The fourth-order valence-corrected chi connectivity index (χ4v) is 13.0. The van der Waals surface area contributed by atoms with Crippen LogP contribution in [-0.2, 0) is 24.6 Å². The van der Waals surface area contributed by atoms with E-state index in [1.165, 1.54) is 33.2 Å². The molecule has 65 heavy (non-hydrogen) atoms. The van der Waals surface area contributed by atoms with Crippen molar-refractivity contribution in [3.63, 3.8) is 0 Å². The molecular formula is C55H49N5S5. The first-order chi connectivity index (χ1) is 32.1. The molecule has 0 saturated heterocycles. The third-order valence-corrected chi connectivity index (χ3v) is 15.5. The SMILES string of the molecule is S=C(NSSN(C(=S)N(c1ccccc1)c1ccccc1)C(N(Cc1ccccc1)Cc1ccccc1)=S(Cc1ccccc1)Cc1ccccc1)N(c1ccccc1)c1ccccc1. The standard InChI is InChI=1S/C55H49N5S5/c61-53(58(49-33-17-5-18-34-49)50-35-19-6-20-36-50)56-63-64-60(54(62)59(51-37-21-7-22-38-51)52-39-23-8-24-40-52)55(57(41-45-25-9-1-10-26-45)42-46-27-11-2-12-28-46)65(43-47-29-13-3-14-30-47)44-48-31-15-4-16-32-48/h1-40H,41-44H2,(H,56,61). The topological polar surface area (TPSA) is 25.0 Å². The van der Waals surface area contributed by atoms with Crippen LogP contribution < -0.4 is 14.5 Å². The summed E-state index contributed by atoms with van der Waals surface area (Å²) in [6.07, 6.45) is 0. The van der Waals surface area contributed by atoms with Crippen LogP contribution in [0.25, 0.3) is 0 Å². The molecule has 0 aliphatic rings. The van der Waals surface area contributed by atoms with E-state index in [-0.39, 0.29) is 0 Å². The first-order valence-corrected chi connectivity index (χ1v) is 25.8. The largest absolute Gasteiger partial charge is 0.296 e. The van der Waals surface area contributed by atoms with Crippen molar-refractivity contribution in [1.82, 2.24) is 13.9 Å². The smallest absolute Gasteiger partial charge is 0.197 e. The van der Waals surface area contributed by atoms with E-state index in [1.807, 2.05) is 48.5 Å². The summed E-state index contributed by atoms with van der Waals surface area (Å²) in [6, 6.07) is 84.6. The van der Waals surface area contributed by atoms with Crippen molar-refractivity contribution in [2.24, 2.45) is 0 Å². The number of nitrogens with zero attached hydrogens (tertiary/aromatic N) is 4. The van der Waals surface area contributed by atoms with Crippen LogP contribution in [0.15, 0.2) is 243 Å². The average Bonchev–Trinajstić information content (AvgIpc) is 3.36. The van der Waals surface area contributed by atoms with E-state index in [1.54, 1.807) is 11.0 Å². The lowest BCUT2D eigenvalue weighted by atomic mass is 10.2. The molecule has 0 heterocycles. The maximum absolute atomic E-state index is 6.92. The van der Waals surface area contributed by atoms with Crippen LogP contribution >= 0.6 is 56.9 Å². The zero-order valence-corrected chi connectivity index (χ0v) is 39.8. The molecule has 8 rings (SSSR count). The van der Waals surface area contributed by atoms with Gasteiger partial charge in [-0.3, -0.25) is 14.5 Å². The summed E-state index contributed by atoms with van der Waals surface area (Å²) >= 11 is 13.2. The minimum atomic E-state index is -0.455. The van der Waals surface area contributed by atoms with Gasteiger partial charge in [-0.1, -0.05) is 194 Å². The van der Waals surface area contributed by atoms with Crippen LogP contribution in [-0.4, -0.2) is 24.5 Å². The highest BCUT2D eigenvalue weighted by Gasteiger charge is 2.31. The second-order valence-electron chi connectivity index (χ2n) is 15.0. The molecule has 324 valence electrons. The Balaban J connectivity index is 1.32. The number of rotatable bonds is 15. The third-order valence-electron chi connectivity index (χ3n) is 10.4. The maximum atomic E-state index is 6.92. The summed E-state index contributed by atoms with van der Waals surface area (Å²) in [4.78, 5) is 6.81. The monoisotopic (exact) mass is 939 g/mol. The molecule has 0 fully saturated rings. The van der Waals surface area contributed by atoms with Gasteiger partial charge in [0.15, 0.2) is 10.2 Å². The van der Waals surface area contributed by atoms with Gasteiger partial charge in [0.2, 0.25) is 0 Å².